The molecule has 1 amide bonds. The Hall–Kier alpha value is -2.58. The van der Waals surface area contributed by atoms with Crippen molar-refractivity contribution in [3.8, 4) is 10.4 Å². The van der Waals surface area contributed by atoms with Crippen LogP contribution in [0.4, 0.5) is 0 Å². The van der Waals surface area contributed by atoms with Gasteiger partial charge in [0.2, 0.25) is 5.91 Å². The number of carbonyl (C=O) groups excluding carboxylic acids is 2. The minimum atomic E-state index is -1.16. The maximum atomic E-state index is 12.7. The standard InChI is InChI=1S/C23H22N2O4S2/c26-20-6-5-17(19-8-15-3-1-2-4-18(15)31-19)23-16-7-14(10-25(20)23)9-24(11-16)21(27)12-30-13-22(28)29/h1-6,8,14,16H,7,9-13H2,(H,28,29)/p-1/t14-,16+/m0/s1. The van der Waals surface area contributed by atoms with E-state index >= 15 is 0 Å². The molecule has 160 valence electrons. The van der Waals surface area contributed by atoms with Crippen molar-refractivity contribution in [3.63, 3.8) is 0 Å². The lowest BCUT2D eigenvalue weighted by molar-refractivity contribution is -0.301. The number of aromatic nitrogens is 1. The highest BCUT2D eigenvalue weighted by Crippen LogP contribution is 2.42. The number of nitrogens with zero attached hydrogens (tertiary/aromatic N) is 2. The van der Waals surface area contributed by atoms with Crippen LogP contribution in [0.25, 0.3) is 20.5 Å². The number of pyridine rings is 1. The lowest BCUT2D eigenvalue weighted by Crippen LogP contribution is -2.49. The number of thioether (sulfide) groups is 1. The summed E-state index contributed by atoms with van der Waals surface area (Å²) < 4.78 is 3.12. The highest BCUT2D eigenvalue weighted by atomic mass is 32.2. The van der Waals surface area contributed by atoms with E-state index in [0.29, 0.717) is 19.6 Å². The fraction of sp³-hybridized carbons (Fsp3) is 0.348. The summed E-state index contributed by atoms with van der Waals surface area (Å²) in [6, 6.07) is 14.0. The van der Waals surface area contributed by atoms with E-state index in [-0.39, 0.29) is 34.8 Å². The van der Waals surface area contributed by atoms with Crippen LogP contribution in [-0.4, -0.2) is 45.9 Å². The van der Waals surface area contributed by atoms with E-state index < -0.39 is 5.97 Å². The van der Waals surface area contributed by atoms with Crippen LogP contribution in [-0.2, 0) is 16.1 Å². The summed E-state index contributed by atoms with van der Waals surface area (Å²) >= 11 is 2.80. The molecule has 0 unspecified atom stereocenters. The first-order valence-corrected chi connectivity index (χ1v) is 12.2. The Bertz CT molecular complexity index is 1200. The number of hydrogen-bond acceptors (Lipinski definition) is 6. The van der Waals surface area contributed by atoms with Crippen LogP contribution < -0.4 is 10.7 Å². The monoisotopic (exact) mass is 453 g/mol. The molecule has 5 rings (SSSR count). The predicted molar refractivity (Wildman–Crippen MR) is 121 cm³/mol. The molecule has 0 spiro atoms. The third kappa shape index (κ3) is 3.90. The lowest BCUT2D eigenvalue weighted by atomic mass is 9.81. The van der Waals surface area contributed by atoms with Gasteiger partial charge in [-0.05, 0) is 35.9 Å². The second kappa shape index (κ2) is 8.16. The first-order chi connectivity index (χ1) is 15.0. The van der Waals surface area contributed by atoms with E-state index in [2.05, 4.69) is 18.2 Å². The zero-order valence-electron chi connectivity index (χ0n) is 16.8. The molecule has 1 fully saturated rings. The summed E-state index contributed by atoms with van der Waals surface area (Å²) in [4.78, 5) is 39.0. The molecule has 4 heterocycles. The quantitative estimate of drug-likeness (QED) is 0.591. The van der Waals surface area contributed by atoms with E-state index in [1.807, 2.05) is 27.7 Å². The molecule has 2 atom stereocenters. The van der Waals surface area contributed by atoms with Crippen LogP contribution in [0.2, 0.25) is 0 Å². The molecule has 0 N–H and O–H groups in total. The first-order valence-electron chi connectivity index (χ1n) is 10.3. The highest BCUT2D eigenvalue weighted by Gasteiger charge is 2.37. The Morgan fingerprint density at radius 1 is 1.10 bits per heavy atom. The maximum absolute atomic E-state index is 12.7. The van der Waals surface area contributed by atoms with Gasteiger partial charge < -0.3 is 19.4 Å². The molecule has 8 heteroatoms. The lowest BCUT2D eigenvalue weighted by Gasteiger charge is -2.43. The van der Waals surface area contributed by atoms with Crippen LogP contribution in [0.3, 0.4) is 0 Å². The van der Waals surface area contributed by atoms with Gasteiger partial charge in [0.15, 0.2) is 0 Å². The number of thiophene rings is 1. The van der Waals surface area contributed by atoms with Crippen molar-refractivity contribution in [1.82, 2.24) is 9.47 Å². The highest BCUT2D eigenvalue weighted by molar-refractivity contribution is 8.00. The van der Waals surface area contributed by atoms with Gasteiger partial charge in [0, 0.05) is 58.2 Å². The van der Waals surface area contributed by atoms with Crippen molar-refractivity contribution in [2.45, 2.75) is 18.9 Å². The van der Waals surface area contributed by atoms with E-state index in [4.69, 9.17) is 0 Å². The normalized spacial score (nSPS) is 19.9. The third-order valence-corrected chi connectivity index (χ3v) is 8.12. The zero-order valence-corrected chi connectivity index (χ0v) is 18.4. The Morgan fingerprint density at radius 3 is 2.74 bits per heavy atom. The maximum Gasteiger partial charge on any atom is 0.250 e. The Kier molecular flexibility index (Phi) is 5.35. The van der Waals surface area contributed by atoms with Gasteiger partial charge in [-0.25, -0.2) is 0 Å². The largest absolute Gasteiger partial charge is 0.549 e. The molecule has 3 aromatic rings. The number of carbonyl (C=O) groups is 2. The van der Waals surface area contributed by atoms with E-state index in [1.54, 1.807) is 17.4 Å². The number of hydrogen-bond donors (Lipinski definition) is 0. The SMILES string of the molecule is O=C([O-])CSCC(=O)N1C[C@@H]2C[C@H](C1)c1c(-c3cc4ccccc4s3)ccc(=O)n1C2. The molecule has 1 aromatic carbocycles. The summed E-state index contributed by atoms with van der Waals surface area (Å²) in [5.41, 5.74) is 2.11. The predicted octanol–water partition coefficient (Wildman–Crippen LogP) is 2.16. The zero-order chi connectivity index (χ0) is 21.5. The Balaban J connectivity index is 1.47. The Labute approximate surface area is 187 Å². The smallest absolute Gasteiger partial charge is 0.250 e. The van der Waals surface area contributed by atoms with Crippen LogP contribution in [0.5, 0.6) is 0 Å². The minimum Gasteiger partial charge on any atom is -0.549 e. The number of benzene rings is 1. The number of carboxylic acid groups (broad SMARTS) is 1. The molecule has 31 heavy (non-hydrogen) atoms. The number of amides is 1. The van der Waals surface area contributed by atoms with Gasteiger partial charge in [-0.2, -0.15) is 0 Å². The molecule has 2 aliphatic heterocycles. The first kappa shape index (κ1) is 20.3. The molecular weight excluding hydrogens is 432 g/mol. The second-order valence-corrected chi connectivity index (χ2v) is 10.3. The van der Waals surface area contributed by atoms with Crippen LogP contribution in [0, 0.1) is 5.92 Å². The molecule has 2 aliphatic rings. The summed E-state index contributed by atoms with van der Waals surface area (Å²) in [5, 5.41) is 11.8. The Morgan fingerprint density at radius 2 is 1.94 bits per heavy atom. The van der Waals surface area contributed by atoms with Crippen molar-refractivity contribution in [2.75, 3.05) is 24.6 Å². The van der Waals surface area contributed by atoms with Crippen LogP contribution in [0.1, 0.15) is 18.0 Å². The summed E-state index contributed by atoms with van der Waals surface area (Å²) in [7, 11) is 0. The van der Waals surface area contributed by atoms with Crippen LogP contribution in [0.15, 0.2) is 47.3 Å². The average molecular weight is 454 g/mol. The summed E-state index contributed by atoms with van der Waals surface area (Å²) in [6.45, 7) is 1.78. The average Bonchev–Trinajstić information content (AvgIpc) is 3.18. The number of piperidine rings is 1. The fourth-order valence-electron chi connectivity index (χ4n) is 4.85. The van der Waals surface area contributed by atoms with Crippen molar-refractivity contribution < 1.29 is 14.7 Å². The molecular formula is C23H21N2O4S2-. The van der Waals surface area contributed by atoms with Crippen molar-refractivity contribution in [3.05, 3.63) is 58.5 Å². The molecule has 6 nitrogen and oxygen atoms in total. The number of fused-ring (bicyclic) bond motifs is 5. The molecule has 2 bridgehead atoms. The molecule has 0 radical (unpaired) electrons. The van der Waals surface area contributed by atoms with E-state index in [1.165, 1.54) is 10.1 Å². The molecule has 1 saturated heterocycles. The van der Waals surface area contributed by atoms with Crippen molar-refractivity contribution in [1.29, 1.82) is 0 Å². The van der Waals surface area contributed by atoms with E-state index in [0.717, 1.165) is 34.3 Å². The van der Waals surface area contributed by atoms with Gasteiger partial charge in [-0.15, -0.1) is 23.1 Å². The van der Waals surface area contributed by atoms with Gasteiger partial charge in [-0.1, -0.05) is 18.2 Å². The van der Waals surface area contributed by atoms with Crippen molar-refractivity contribution >= 4 is 45.1 Å². The van der Waals surface area contributed by atoms with Crippen molar-refractivity contribution in [2.24, 2.45) is 5.92 Å². The third-order valence-electron chi connectivity index (χ3n) is 6.08. The van der Waals surface area contributed by atoms with Gasteiger partial charge in [-0.3, -0.25) is 9.59 Å². The number of carboxylic acids is 1. The summed E-state index contributed by atoms with van der Waals surface area (Å²) in [5.74, 6) is -0.919. The fourth-order valence-corrected chi connectivity index (χ4v) is 6.58. The van der Waals surface area contributed by atoms with Gasteiger partial charge >= 0.3 is 0 Å². The number of rotatable bonds is 5. The topological polar surface area (TPSA) is 82.4 Å². The second-order valence-electron chi connectivity index (χ2n) is 8.19. The van der Waals surface area contributed by atoms with Gasteiger partial charge in [0.1, 0.15) is 0 Å². The number of likely N-dealkylation sites (tertiary alicyclic amines) is 1. The van der Waals surface area contributed by atoms with E-state index in [9.17, 15) is 19.5 Å². The molecule has 0 saturated carbocycles. The minimum absolute atomic E-state index is 0.0128. The number of aliphatic carboxylic acids is 1. The molecule has 0 aliphatic carbocycles. The summed E-state index contributed by atoms with van der Waals surface area (Å²) in [6.07, 6.45) is 0.956. The van der Waals surface area contributed by atoms with Gasteiger partial charge in [0.25, 0.3) is 5.56 Å². The van der Waals surface area contributed by atoms with Crippen LogP contribution >= 0.6 is 23.1 Å². The van der Waals surface area contributed by atoms with Gasteiger partial charge in [0.05, 0.1) is 11.7 Å². The molecule has 2 aromatic heterocycles.